The maximum atomic E-state index is 2.59. The van der Waals surface area contributed by atoms with Gasteiger partial charge in [-0.15, -0.1) is 0 Å². The van der Waals surface area contributed by atoms with Crippen molar-refractivity contribution in [2.75, 3.05) is 0 Å². The molecule has 0 N–H and O–H groups in total. The van der Waals surface area contributed by atoms with Gasteiger partial charge in [0.2, 0.25) is 0 Å². The van der Waals surface area contributed by atoms with Gasteiger partial charge in [-0.2, -0.15) is 12.3 Å². The minimum Gasteiger partial charge on any atom is -0.325 e. The predicted octanol–water partition coefficient (Wildman–Crippen LogP) is 5.48. The number of fused-ring (bicyclic) bond motifs is 1. The van der Waals surface area contributed by atoms with E-state index >= 15 is 0 Å². The van der Waals surface area contributed by atoms with E-state index in [1.807, 2.05) is 0 Å². The molecule has 4 atom stereocenters. The summed E-state index contributed by atoms with van der Waals surface area (Å²) in [5.74, 6) is 5.13. The van der Waals surface area contributed by atoms with Crippen LogP contribution in [0.3, 0.4) is 0 Å². The summed E-state index contributed by atoms with van der Waals surface area (Å²) in [6.07, 6.45) is 14.4. The summed E-state index contributed by atoms with van der Waals surface area (Å²) < 4.78 is 0. The maximum absolute atomic E-state index is 2.59. The van der Waals surface area contributed by atoms with Crippen molar-refractivity contribution in [2.45, 2.75) is 72.1 Å². The summed E-state index contributed by atoms with van der Waals surface area (Å²) in [6, 6.07) is 0. The molecule has 104 valence electrons. The molecule has 0 aromatic heterocycles. The smallest absolute Gasteiger partial charge is 0 e. The van der Waals surface area contributed by atoms with Crippen molar-refractivity contribution in [3.8, 4) is 0 Å². The van der Waals surface area contributed by atoms with E-state index in [2.05, 4.69) is 27.2 Å². The fourth-order valence-corrected chi connectivity index (χ4v) is 4.02. The van der Waals surface area contributed by atoms with Crippen LogP contribution in [0.5, 0.6) is 0 Å². The molecule has 0 radical (unpaired) electrons. The van der Waals surface area contributed by atoms with Crippen LogP contribution in [0.2, 0.25) is 0 Å². The molecule has 2 aliphatic rings. The molecule has 0 saturated heterocycles. The van der Waals surface area contributed by atoms with E-state index in [0.717, 1.165) is 29.6 Å². The molecule has 2 aliphatic carbocycles. The first-order valence-electron chi connectivity index (χ1n) is 8.04. The molecule has 0 nitrogen and oxygen atoms in total. The normalized spacial score (nSPS) is 34.7. The van der Waals surface area contributed by atoms with Gasteiger partial charge in [-0.1, -0.05) is 71.6 Å². The van der Waals surface area contributed by atoms with Crippen molar-refractivity contribution >= 4 is 0 Å². The zero-order valence-corrected chi connectivity index (χ0v) is 16.8. The largest absolute Gasteiger partial charge is 0.325 e. The van der Waals surface area contributed by atoms with Gasteiger partial charge in [0.1, 0.15) is 0 Å². The third-order valence-corrected chi connectivity index (χ3v) is 5.32. The van der Waals surface area contributed by atoms with Crippen LogP contribution < -0.4 is 0 Å². The predicted molar refractivity (Wildman–Crippen MR) is 75.7 cm³/mol. The van der Waals surface area contributed by atoms with Crippen molar-refractivity contribution in [1.82, 2.24) is 0 Å². The molecule has 2 fully saturated rings. The fourth-order valence-electron chi connectivity index (χ4n) is 4.02. The Kier molecular flexibility index (Phi) is 7.95. The van der Waals surface area contributed by atoms with E-state index in [1.165, 1.54) is 44.9 Å². The third-order valence-electron chi connectivity index (χ3n) is 5.32. The minimum absolute atomic E-state index is 0. The van der Waals surface area contributed by atoms with Crippen molar-refractivity contribution in [3.63, 3.8) is 0 Å². The topological polar surface area (TPSA) is 0 Å². The number of unbranched alkanes of at least 4 members (excludes halogenated alkanes) is 1. The molecular formula is C17H31U-. The van der Waals surface area contributed by atoms with Gasteiger partial charge in [-0.05, 0) is 17.8 Å². The Morgan fingerprint density at radius 1 is 1.11 bits per heavy atom. The number of rotatable bonds is 6. The second-order valence-corrected chi connectivity index (χ2v) is 6.97. The Morgan fingerprint density at radius 2 is 1.89 bits per heavy atom. The van der Waals surface area contributed by atoms with Gasteiger partial charge in [0.25, 0.3) is 0 Å². The second-order valence-electron chi connectivity index (χ2n) is 6.97. The van der Waals surface area contributed by atoms with Gasteiger partial charge in [0.15, 0.2) is 0 Å². The quantitative estimate of drug-likeness (QED) is 0.354. The summed E-state index contributed by atoms with van der Waals surface area (Å²) >= 11 is 0. The van der Waals surface area contributed by atoms with Crippen molar-refractivity contribution in [2.24, 2.45) is 29.6 Å². The van der Waals surface area contributed by atoms with Crippen LogP contribution in [0, 0.1) is 67.1 Å². The minimum atomic E-state index is 0. The van der Waals surface area contributed by atoms with Crippen molar-refractivity contribution < 1.29 is 31.1 Å². The molecule has 1 heteroatoms. The second kappa shape index (κ2) is 8.36. The molecule has 0 amide bonds. The monoisotopic (exact) mass is 473 g/mol. The van der Waals surface area contributed by atoms with E-state index in [0.29, 0.717) is 0 Å². The molecule has 0 aromatic carbocycles. The average molecular weight is 473 g/mol. The molecule has 0 aliphatic heterocycles. The first-order chi connectivity index (χ1) is 8.20. The Hall–Kier alpha value is 1.05. The third kappa shape index (κ3) is 4.56. The van der Waals surface area contributed by atoms with E-state index < -0.39 is 0 Å². The van der Waals surface area contributed by atoms with Gasteiger partial charge in [-0.3, -0.25) is 0 Å². The van der Waals surface area contributed by atoms with Gasteiger partial charge in [0.05, 0.1) is 0 Å². The summed E-state index contributed by atoms with van der Waals surface area (Å²) in [5, 5.41) is 0. The molecule has 0 aromatic rings. The van der Waals surface area contributed by atoms with Crippen LogP contribution in [0.15, 0.2) is 0 Å². The zero-order chi connectivity index (χ0) is 12.3. The first kappa shape index (κ1) is 17.1. The average Bonchev–Trinajstić information content (AvgIpc) is 2.27. The zero-order valence-electron chi connectivity index (χ0n) is 12.6. The Balaban J connectivity index is 0.00000162. The molecule has 4 unspecified atom stereocenters. The van der Waals surface area contributed by atoms with Crippen LogP contribution in [-0.4, -0.2) is 0 Å². The molecule has 2 rings (SSSR count). The van der Waals surface area contributed by atoms with E-state index in [9.17, 15) is 0 Å². The summed E-state index contributed by atoms with van der Waals surface area (Å²) in [6.45, 7) is 7.11. The Bertz CT molecular complexity index is 224. The molecular weight excluding hydrogens is 442 g/mol. The van der Waals surface area contributed by atoms with Crippen LogP contribution in [-0.2, 0) is 0 Å². The van der Waals surface area contributed by atoms with Crippen LogP contribution in [0.4, 0.5) is 0 Å². The molecule has 18 heavy (non-hydrogen) atoms. The van der Waals surface area contributed by atoms with Crippen molar-refractivity contribution in [1.29, 1.82) is 0 Å². The summed E-state index contributed by atoms with van der Waals surface area (Å²) in [4.78, 5) is 0. The van der Waals surface area contributed by atoms with Crippen LogP contribution in [0.25, 0.3) is 0 Å². The van der Waals surface area contributed by atoms with Gasteiger partial charge in [0, 0.05) is 31.1 Å². The van der Waals surface area contributed by atoms with Crippen molar-refractivity contribution in [3.05, 3.63) is 6.42 Å². The van der Waals surface area contributed by atoms with Crippen LogP contribution in [0.1, 0.15) is 72.1 Å². The standard InChI is InChI=1S/C17H31.U/c1-4-14-11-16-9-10-17(16)12-15(14)8-6-5-7-13(2)3;/h9,13-17H,4-8,10-12H2,1-3H3;/q-1;. The molecule has 0 spiro atoms. The van der Waals surface area contributed by atoms with E-state index in [1.54, 1.807) is 6.42 Å². The summed E-state index contributed by atoms with van der Waals surface area (Å²) in [7, 11) is 0. The maximum Gasteiger partial charge on any atom is 0 e. The fraction of sp³-hybridized carbons (Fsp3) is 0.941. The number of hydrogen-bond acceptors (Lipinski definition) is 0. The summed E-state index contributed by atoms with van der Waals surface area (Å²) in [5.41, 5.74) is 0. The SMILES string of the molecule is CCC1CC2[CH-]CC2CC1CCCCC(C)C.[U]. The van der Waals surface area contributed by atoms with E-state index in [4.69, 9.17) is 0 Å². The molecule has 2 saturated carbocycles. The number of hydrogen-bond donors (Lipinski definition) is 0. The Morgan fingerprint density at radius 3 is 2.44 bits per heavy atom. The van der Waals surface area contributed by atoms with Gasteiger partial charge < -0.3 is 6.42 Å². The van der Waals surface area contributed by atoms with Crippen LogP contribution >= 0.6 is 0 Å². The first-order valence-corrected chi connectivity index (χ1v) is 8.04. The Labute approximate surface area is 138 Å². The molecule has 0 heterocycles. The van der Waals surface area contributed by atoms with Gasteiger partial charge in [-0.25, -0.2) is 0 Å². The molecule has 0 bridgehead atoms. The van der Waals surface area contributed by atoms with E-state index in [-0.39, 0.29) is 31.1 Å². The van der Waals surface area contributed by atoms with Gasteiger partial charge >= 0.3 is 0 Å².